The average molecular weight is 360 g/mol. The SMILES string of the molecule is COc1ccc(C(=O)O/N=C2\c3ccccc3-c3ncccc32)cc1OC. The van der Waals surface area contributed by atoms with Crippen LogP contribution < -0.4 is 9.47 Å². The lowest BCUT2D eigenvalue weighted by Gasteiger charge is -2.08. The van der Waals surface area contributed by atoms with Crippen molar-refractivity contribution in [3.8, 4) is 22.8 Å². The van der Waals surface area contributed by atoms with Gasteiger partial charge in [0.1, 0.15) is 5.71 Å². The molecule has 27 heavy (non-hydrogen) atoms. The van der Waals surface area contributed by atoms with Gasteiger partial charge < -0.3 is 14.3 Å². The van der Waals surface area contributed by atoms with Gasteiger partial charge in [-0.3, -0.25) is 4.98 Å². The molecule has 0 aliphatic heterocycles. The minimum absolute atomic E-state index is 0.315. The third-order valence-electron chi connectivity index (χ3n) is 4.34. The summed E-state index contributed by atoms with van der Waals surface area (Å²) in [6.45, 7) is 0. The van der Waals surface area contributed by atoms with Crippen molar-refractivity contribution in [2.24, 2.45) is 5.16 Å². The molecule has 0 bridgehead atoms. The summed E-state index contributed by atoms with van der Waals surface area (Å²) in [7, 11) is 3.04. The Morgan fingerprint density at radius 1 is 0.889 bits per heavy atom. The molecular weight excluding hydrogens is 344 g/mol. The fourth-order valence-electron chi connectivity index (χ4n) is 3.05. The lowest BCUT2D eigenvalue weighted by atomic mass is 10.1. The van der Waals surface area contributed by atoms with Crippen molar-refractivity contribution >= 4 is 11.7 Å². The zero-order valence-corrected chi connectivity index (χ0v) is 14.8. The summed E-state index contributed by atoms with van der Waals surface area (Å²) in [5, 5.41) is 4.14. The Hall–Kier alpha value is -3.67. The van der Waals surface area contributed by atoms with Gasteiger partial charge in [0.15, 0.2) is 11.5 Å². The van der Waals surface area contributed by atoms with E-state index in [1.54, 1.807) is 24.4 Å². The van der Waals surface area contributed by atoms with Crippen LogP contribution in [0.2, 0.25) is 0 Å². The molecule has 1 heterocycles. The maximum Gasteiger partial charge on any atom is 0.365 e. The quantitative estimate of drug-likeness (QED) is 0.410. The summed E-state index contributed by atoms with van der Waals surface area (Å²) in [6.07, 6.45) is 1.73. The molecular formula is C21H16N2O4. The Morgan fingerprint density at radius 3 is 2.41 bits per heavy atom. The van der Waals surface area contributed by atoms with E-state index in [0.717, 1.165) is 22.4 Å². The zero-order valence-electron chi connectivity index (χ0n) is 14.8. The summed E-state index contributed by atoms with van der Waals surface area (Å²) in [5.41, 5.74) is 4.41. The third-order valence-corrected chi connectivity index (χ3v) is 4.34. The van der Waals surface area contributed by atoms with Crippen LogP contribution in [0.1, 0.15) is 21.5 Å². The Bertz CT molecular complexity index is 1010. The first kappa shape index (κ1) is 16.8. The molecule has 4 rings (SSSR count). The van der Waals surface area contributed by atoms with Crippen LogP contribution in [0.3, 0.4) is 0 Å². The highest BCUT2D eigenvalue weighted by Gasteiger charge is 2.26. The highest BCUT2D eigenvalue weighted by molar-refractivity contribution is 6.23. The first-order valence-corrected chi connectivity index (χ1v) is 8.29. The number of benzene rings is 2. The molecule has 0 saturated carbocycles. The first-order chi connectivity index (χ1) is 13.2. The second-order valence-electron chi connectivity index (χ2n) is 5.83. The van der Waals surface area contributed by atoms with Gasteiger partial charge >= 0.3 is 5.97 Å². The number of methoxy groups -OCH3 is 2. The fourth-order valence-corrected chi connectivity index (χ4v) is 3.05. The number of nitrogens with zero attached hydrogens (tertiary/aromatic N) is 2. The van der Waals surface area contributed by atoms with Crippen molar-refractivity contribution in [1.82, 2.24) is 4.98 Å². The molecule has 0 N–H and O–H groups in total. The van der Waals surface area contributed by atoms with E-state index in [9.17, 15) is 4.79 Å². The van der Waals surface area contributed by atoms with Crippen molar-refractivity contribution in [3.63, 3.8) is 0 Å². The number of hydrogen-bond acceptors (Lipinski definition) is 6. The van der Waals surface area contributed by atoms with Crippen molar-refractivity contribution in [1.29, 1.82) is 0 Å². The number of ether oxygens (including phenoxy) is 2. The number of carbonyl (C=O) groups is 1. The van der Waals surface area contributed by atoms with Crippen LogP contribution in [-0.2, 0) is 4.84 Å². The molecule has 1 aromatic heterocycles. The molecule has 0 atom stereocenters. The zero-order chi connectivity index (χ0) is 18.8. The van der Waals surface area contributed by atoms with E-state index < -0.39 is 5.97 Å². The predicted octanol–water partition coefficient (Wildman–Crippen LogP) is 3.69. The van der Waals surface area contributed by atoms with E-state index in [-0.39, 0.29) is 0 Å². The van der Waals surface area contributed by atoms with Gasteiger partial charge in [0.25, 0.3) is 0 Å². The molecule has 1 aliphatic rings. The monoisotopic (exact) mass is 360 g/mol. The van der Waals surface area contributed by atoms with Gasteiger partial charge in [-0.1, -0.05) is 29.4 Å². The predicted molar refractivity (Wildman–Crippen MR) is 100 cm³/mol. The van der Waals surface area contributed by atoms with Gasteiger partial charge in [0, 0.05) is 22.9 Å². The molecule has 1 aliphatic carbocycles. The maximum absolute atomic E-state index is 12.5. The van der Waals surface area contributed by atoms with E-state index in [4.69, 9.17) is 14.3 Å². The molecule has 6 heteroatoms. The molecule has 2 aromatic carbocycles. The molecule has 0 spiro atoms. The fraction of sp³-hybridized carbons (Fsp3) is 0.0952. The van der Waals surface area contributed by atoms with E-state index in [1.807, 2.05) is 36.4 Å². The molecule has 0 amide bonds. The summed E-state index contributed by atoms with van der Waals surface area (Å²) in [5.74, 6) is 0.392. The minimum Gasteiger partial charge on any atom is -0.493 e. The summed E-state index contributed by atoms with van der Waals surface area (Å²) < 4.78 is 10.4. The minimum atomic E-state index is -0.585. The second-order valence-corrected chi connectivity index (χ2v) is 5.83. The van der Waals surface area contributed by atoms with E-state index in [2.05, 4.69) is 10.1 Å². The first-order valence-electron chi connectivity index (χ1n) is 8.29. The number of rotatable bonds is 4. The van der Waals surface area contributed by atoms with Crippen LogP contribution in [0.4, 0.5) is 0 Å². The van der Waals surface area contributed by atoms with E-state index >= 15 is 0 Å². The molecule has 3 aromatic rings. The standard InChI is InChI=1S/C21H16N2O4/c1-25-17-10-9-13(12-18(17)26-2)21(24)27-23-20-15-7-4-3-6-14(15)19-16(20)8-5-11-22-19/h3-12H,1-2H3/b23-20+. The topological polar surface area (TPSA) is 70.0 Å². The van der Waals surface area contributed by atoms with Gasteiger partial charge in [0.2, 0.25) is 0 Å². The number of pyridine rings is 1. The van der Waals surface area contributed by atoms with Crippen LogP contribution in [0.25, 0.3) is 11.3 Å². The molecule has 0 unspecified atom stereocenters. The average Bonchev–Trinajstić information content (AvgIpc) is 3.05. The molecule has 6 nitrogen and oxygen atoms in total. The summed E-state index contributed by atoms with van der Waals surface area (Å²) in [6, 6.07) is 16.3. The van der Waals surface area contributed by atoms with Crippen LogP contribution in [0, 0.1) is 0 Å². The highest BCUT2D eigenvalue weighted by atomic mass is 16.7. The highest BCUT2D eigenvalue weighted by Crippen LogP contribution is 2.35. The number of oxime groups is 1. The molecule has 0 radical (unpaired) electrons. The number of aromatic nitrogens is 1. The Kier molecular flexibility index (Phi) is 4.30. The summed E-state index contributed by atoms with van der Waals surface area (Å²) in [4.78, 5) is 22.1. The molecule has 134 valence electrons. The lowest BCUT2D eigenvalue weighted by molar-refractivity contribution is 0.0516. The largest absolute Gasteiger partial charge is 0.493 e. The van der Waals surface area contributed by atoms with Crippen molar-refractivity contribution < 1.29 is 19.1 Å². The maximum atomic E-state index is 12.5. The number of hydrogen-bond donors (Lipinski definition) is 0. The van der Waals surface area contributed by atoms with Gasteiger partial charge in [-0.15, -0.1) is 0 Å². The normalized spacial score (nSPS) is 13.0. The van der Waals surface area contributed by atoms with Crippen LogP contribution in [0.15, 0.2) is 65.9 Å². The Morgan fingerprint density at radius 2 is 1.63 bits per heavy atom. The summed E-state index contributed by atoms with van der Waals surface area (Å²) >= 11 is 0. The second kappa shape index (κ2) is 6.92. The van der Waals surface area contributed by atoms with E-state index in [1.165, 1.54) is 14.2 Å². The van der Waals surface area contributed by atoms with E-state index in [0.29, 0.717) is 22.8 Å². The van der Waals surface area contributed by atoms with Gasteiger partial charge in [-0.25, -0.2) is 4.79 Å². The third kappa shape index (κ3) is 2.91. The van der Waals surface area contributed by atoms with Crippen LogP contribution in [0.5, 0.6) is 11.5 Å². The lowest BCUT2D eigenvalue weighted by Crippen LogP contribution is -2.06. The molecule has 0 saturated heterocycles. The van der Waals surface area contributed by atoms with Crippen LogP contribution in [-0.4, -0.2) is 30.9 Å². The number of carbonyl (C=O) groups excluding carboxylic acids is 1. The number of fused-ring (bicyclic) bond motifs is 3. The van der Waals surface area contributed by atoms with Gasteiger partial charge in [-0.05, 0) is 30.3 Å². The van der Waals surface area contributed by atoms with Crippen molar-refractivity contribution in [2.45, 2.75) is 0 Å². The van der Waals surface area contributed by atoms with Gasteiger partial charge in [-0.2, -0.15) is 0 Å². The van der Waals surface area contributed by atoms with Crippen molar-refractivity contribution in [2.75, 3.05) is 14.2 Å². The Balaban J connectivity index is 1.66. The molecule has 0 fully saturated rings. The smallest absolute Gasteiger partial charge is 0.365 e. The van der Waals surface area contributed by atoms with Crippen molar-refractivity contribution in [3.05, 3.63) is 77.5 Å². The van der Waals surface area contributed by atoms with Gasteiger partial charge in [0.05, 0.1) is 25.5 Å². The Labute approximate surface area is 156 Å². The van der Waals surface area contributed by atoms with Crippen LogP contribution >= 0.6 is 0 Å².